The van der Waals surface area contributed by atoms with Crippen LogP contribution in [-0.2, 0) is 16.2 Å². The van der Waals surface area contributed by atoms with Gasteiger partial charge in [0.1, 0.15) is 12.4 Å². The van der Waals surface area contributed by atoms with E-state index in [0.29, 0.717) is 0 Å². The molecule has 0 bridgehead atoms. The molecule has 0 atom stereocenters. The molecule has 0 spiro atoms. The van der Waals surface area contributed by atoms with E-state index in [-0.39, 0.29) is 12.4 Å². The van der Waals surface area contributed by atoms with Gasteiger partial charge < -0.3 is 24.5 Å². The Labute approximate surface area is 136 Å². The maximum atomic E-state index is 11.1. The molecule has 0 saturated carbocycles. The summed E-state index contributed by atoms with van der Waals surface area (Å²) in [5.41, 5.74) is -0.405. The fourth-order valence-corrected chi connectivity index (χ4v) is 2.11. The Kier molecular flexibility index (Phi) is 5.10. The van der Waals surface area contributed by atoms with Crippen LogP contribution in [0.25, 0.3) is 0 Å². The zero-order valence-electron chi connectivity index (χ0n) is 12.2. The molecule has 2 aromatic carbocycles. The third-order valence-electron chi connectivity index (χ3n) is 3.23. The molecule has 0 aliphatic heterocycles. The van der Waals surface area contributed by atoms with E-state index in [4.69, 9.17) is 4.74 Å². The van der Waals surface area contributed by atoms with Crippen molar-refractivity contribution < 1.29 is 29.5 Å². The molecule has 124 valence electrons. The fourth-order valence-electron chi connectivity index (χ4n) is 2.11. The Bertz CT molecular complexity index is 759. The minimum absolute atomic E-state index is 0.102. The number of ether oxygens (including phenoxy) is 1. The number of aliphatic carboxylic acids is 2. The molecule has 0 unspecified atom stereocenters. The summed E-state index contributed by atoms with van der Waals surface area (Å²) in [7, 11) is 0. The predicted octanol–water partition coefficient (Wildman–Crippen LogP) is -0.243. The number of nitro benzene ring substituents is 1. The minimum atomic E-state index is -2.24. The summed E-state index contributed by atoms with van der Waals surface area (Å²) in [6.07, 6.45) is 0. The summed E-state index contributed by atoms with van der Waals surface area (Å²) in [4.78, 5) is 32.1. The van der Waals surface area contributed by atoms with Crippen molar-refractivity contribution in [3.05, 3.63) is 69.8 Å². The molecule has 0 saturated heterocycles. The maximum absolute atomic E-state index is 11.1. The van der Waals surface area contributed by atoms with E-state index in [0.717, 1.165) is 17.7 Å². The van der Waals surface area contributed by atoms with Gasteiger partial charge in [0.2, 0.25) is 0 Å². The molecule has 0 radical (unpaired) electrons. The van der Waals surface area contributed by atoms with Crippen molar-refractivity contribution in [2.24, 2.45) is 0 Å². The second kappa shape index (κ2) is 7.23. The number of carboxylic acids is 2. The van der Waals surface area contributed by atoms with Crippen LogP contribution in [0.15, 0.2) is 48.5 Å². The first-order chi connectivity index (χ1) is 11.4. The van der Waals surface area contributed by atoms with Gasteiger partial charge in [-0.05, 0) is 17.7 Å². The average Bonchev–Trinajstić information content (AvgIpc) is 2.54. The summed E-state index contributed by atoms with van der Waals surface area (Å²) in [6, 6.07) is 12.2. The standard InChI is InChI=1S/C16H13NO7/c18-15(19)14(16(20)21)12-7-6-11(8-13(12)17(22)23)24-9-10-4-2-1-3-5-10/h1-8,14H,9H2,(H,18,19)(H,20,21)/p-2. The summed E-state index contributed by atoms with van der Waals surface area (Å²) >= 11 is 0. The van der Waals surface area contributed by atoms with Gasteiger partial charge in [-0.25, -0.2) is 0 Å². The van der Waals surface area contributed by atoms with E-state index in [1.165, 1.54) is 6.07 Å². The van der Waals surface area contributed by atoms with Crippen LogP contribution in [0.5, 0.6) is 5.75 Å². The van der Waals surface area contributed by atoms with Crippen LogP contribution in [0.4, 0.5) is 5.69 Å². The lowest BCUT2D eigenvalue weighted by Gasteiger charge is -2.19. The number of carbonyl (C=O) groups is 2. The first-order valence-electron chi connectivity index (χ1n) is 6.77. The largest absolute Gasteiger partial charge is 0.549 e. The Morgan fingerprint density at radius 2 is 1.67 bits per heavy atom. The number of hydrogen-bond acceptors (Lipinski definition) is 7. The van der Waals surface area contributed by atoms with Crippen molar-refractivity contribution in [1.82, 2.24) is 0 Å². The number of benzene rings is 2. The van der Waals surface area contributed by atoms with Crippen molar-refractivity contribution in [2.45, 2.75) is 12.5 Å². The number of carbonyl (C=O) groups excluding carboxylic acids is 2. The third-order valence-corrected chi connectivity index (χ3v) is 3.23. The maximum Gasteiger partial charge on any atom is 0.277 e. The lowest BCUT2D eigenvalue weighted by molar-refractivity contribution is -0.386. The van der Waals surface area contributed by atoms with Crippen LogP contribution >= 0.6 is 0 Å². The SMILES string of the molecule is O=C([O-])C(C(=O)[O-])c1ccc(OCc2ccccc2)cc1[N+](=O)[O-]. The second-order valence-corrected chi connectivity index (χ2v) is 4.82. The van der Waals surface area contributed by atoms with Crippen molar-refractivity contribution in [3.63, 3.8) is 0 Å². The smallest absolute Gasteiger partial charge is 0.277 e. The van der Waals surface area contributed by atoms with Crippen molar-refractivity contribution >= 4 is 17.6 Å². The highest BCUT2D eigenvalue weighted by Crippen LogP contribution is 2.30. The van der Waals surface area contributed by atoms with Crippen LogP contribution in [0.3, 0.4) is 0 Å². The molecule has 24 heavy (non-hydrogen) atoms. The quantitative estimate of drug-likeness (QED) is 0.389. The Morgan fingerprint density at radius 1 is 1.04 bits per heavy atom. The number of nitro groups is 1. The summed E-state index contributed by atoms with van der Waals surface area (Å²) in [6.45, 7) is 0.141. The van der Waals surface area contributed by atoms with Gasteiger partial charge in [-0.3, -0.25) is 10.1 Å². The zero-order chi connectivity index (χ0) is 17.7. The van der Waals surface area contributed by atoms with Gasteiger partial charge in [-0.15, -0.1) is 0 Å². The van der Waals surface area contributed by atoms with Crippen LogP contribution < -0.4 is 14.9 Å². The van der Waals surface area contributed by atoms with Crippen LogP contribution in [0.2, 0.25) is 0 Å². The molecule has 0 aromatic heterocycles. The number of hydrogen-bond donors (Lipinski definition) is 0. The monoisotopic (exact) mass is 329 g/mol. The van der Waals surface area contributed by atoms with Gasteiger partial charge in [-0.1, -0.05) is 30.3 Å². The molecule has 0 aliphatic carbocycles. The molecule has 8 heteroatoms. The highest BCUT2D eigenvalue weighted by molar-refractivity contribution is 5.98. The van der Waals surface area contributed by atoms with E-state index in [9.17, 15) is 29.9 Å². The van der Waals surface area contributed by atoms with Gasteiger partial charge in [-0.2, -0.15) is 0 Å². The summed E-state index contributed by atoms with van der Waals surface area (Å²) in [5.74, 6) is -6.12. The molecular weight excluding hydrogens is 318 g/mol. The van der Waals surface area contributed by atoms with Crippen LogP contribution in [0.1, 0.15) is 17.0 Å². The zero-order valence-corrected chi connectivity index (χ0v) is 12.2. The second-order valence-electron chi connectivity index (χ2n) is 4.82. The Morgan fingerprint density at radius 3 is 2.21 bits per heavy atom. The van der Waals surface area contributed by atoms with Crippen molar-refractivity contribution in [3.8, 4) is 5.75 Å². The molecule has 0 aliphatic rings. The highest BCUT2D eigenvalue weighted by atomic mass is 16.6. The number of nitrogens with zero attached hydrogens (tertiary/aromatic N) is 1. The molecule has 2 rings (SSSR count). The summed E-state index contributed by atoms with van der Waals surface area (Å²) in [5, 5.41) is 33.0. The van der Waals surface area contributed by atoms with E-state index in [2.05, 4.69) is 0 Å². The van der Waals surface area contributed by atoms with E-state index in [1.54, 1.807) is 24.3 Å². The molecule has 0 amide bonds. The minimum Gasteiger partial charge on any atom is -0.549 e. The molecule has 0 N–H and O–H groups in total. The van der Waals surface area contributed by atoms with E-state index >= 15 is 0 Å². The number of carboxylic acid groups (broad SMARTS) is 2. The van der Waals surface area contributed by atoms with Crippen molar-refractivity contribution in [1.29, 1.82) is 0 Å². The van der Waals surface area contributed by atoms with E-state index < -0.39 is 34.0 Å². The summed E-state index contributed by atoms with van der Waals surface area (Å²) < 4.78 is 5.41. The average molecular weight is 329 g/mol. The fraction of sp³-hybridized carbons (Fsp3) is 0.125. The molecular formula is C16H11NO7-2. The highest BCUT2D eigenvalue weighted by Gasteiger charge is 2.25. The lowest BCUT2D eigenvalue weighted by Crippen LogP contribution is -2.41. The third kappa shape index (κ3) is 3.86. The predicted molar refractivity (Wildman–Crippen MR) is 76.6 cm³/mol. The van der Waals surface area contributed by atoms with E-state index in [1.807, 2.05) is 6.07 Å². The molecule has 8 nitrogen and oxygen atoms in total. The molecule has 0 fully saturated rings. The molecule has 2 aromatic rings. The van der Waals surface area contributed by atoms with Gasteiger partial charge in [0.05, 0.1) is 28.8 Å². The van der Waals surface area contributed by atoms with Gasteiger partial charge in [0, 0.05) is 5.56 Å². The Hall–Kier alpha value is -3.42. The Balaban J connectivity index is 2.31. The first kappa shape index (κ1) is 16.9. The van der Waals surface area contributed by atoms with Gasteiger partial charge in [0.15, 0.2) is 0 Å². The number of rotatable bonds is 7. The van der Waals surface area contributed by atoms with Gasteiger partial charge in [0.25, 0.3) is 5.69 Å². The lowest BCUT2D eigenvalue weighted by atomic mass is 9.97. The molecule has 0 heterocycles. The first-order valence-corrected chi connectivity index (χ1v) is 6.77. The topological polar surface area (TPSA) is 133 Å². The normalized spacial score (nSPS) is 10.4. The van der Waals surface area contributed by atoms with Crippen molar-refractivity contribution in [2.75, 3.05) is 0 Å². The van der Waals surface area contributed by atoms with Crippen LogP contribution in [0, 0.1) is 10.1 Å². The van der Waals surface area contributed by atoms with Crippen LogP contribution in [-0.4, -0.2) is 16.9 Å². The van der Waals surface area contributed by atoms with Gasteiger partial charge >= 0.3 is 0 Å².